The van der Waals surface area contributed by atoms with E-state index in [-0.39, 0.29) is 5.56 Å². The summed E-state index contributed by atoms with van der Waals surface area (Å²) in [4.78, 5) is 10.4. The number of hydrogen-bond acceptors (Lipinski definition) is 4. The van der Waals surface area contributed by atoms with Gasteiger partial charge in [0.05, 0.1) is 6.20 Å². The molecule has 1 atom stereocenters. The van der Waals surface area contributed by atoms with E-state index in [1.807, 2.05) is 0 Å². The van der Waals surface area contributed by atoms with E-state index in [2.05, 4.69) is 5.10 Å². The zero-order chi connectivity index (χ0) is 9.35. The first kappa shape index (κ1) is 8.69. The van der Waals surface area contributed by atoms with Crippen LogP contribution in [0.4, 0.5) is 0 Å². The number of carbonyl (C=O) groups is 1. The molecule has 6 nitrogen and oxygen atoms in total. The highest BCUT2D eigenvalue weighted by atomic mass is 16.4. The van der Waals surface area contributed by atoms with Crippen molar-refractivity contribution in [1.29, 1.82) is 0 Å². The molecule has 0 fully saturated rings. The lowest BCUT2D eigenvalue weighted by Gasteiger charge is -2.14. The van der Waals surface area contributed by atoms with Crippen molar-refractivity contribution < 1.29 is 15.0 Å². The van der Waals surface area contributed by atoms with Gasteiger partial charge in [0.15, 0.2) is 0 Å². The molecular formula is C6H9N3O3. The number of hydrogen-bond donors (Lipinski definition) is 3. The Labute approximate surface area is 68.2 Å². The van der Waals surface area contributed by atoms with Gasteiger partial charge in [-0.25, -0.2) is 4.79 Å². The highest BCUT2D eigenvalue weighted by Crippen LogP contribution is 2.13. The molecule has 66 valence electrons. The molecule has 0 aliphatic carbocycles. The van der Waals surface area contributed by atoms with Crippen LogP contribution in [0.5, 0.6) is 0 Å². The lowest BCUT2D eigenvalue weighted by Crippen LogP contribution is -2.44. The first-order chi connectivity index (χ1) is 5.44. The number of carboxylic acid groups (broad SMARTS) is 1. The molecule has 1 heterocycles. The molecule has 0 bridgehead atoms. The largest absolute Gasteiger partial charge is 0.478 e. The lowest BCUT2D eigenvalue weighted by molar-refractivity contribution is -0.159. The van der Waals surface area contributed by atoms with Crippen molar-refractivity contribution >= 4 is 5.97 Å². The maximum Gasteiger partial charge on any atom is 0.356 e. The van der Waals surface area contributed by atoms with Gasteiger partial charge in [-0.05, 0) is 0 Å². The van der Waals surface area contributed by atoms with Crippen LogP contribution in [0.3, 0.4) is 0 Å². The van der Waals surface area contributed by atoms with E-state index in [9.17, 15) is 9.90 Å². The Hall–Kier alpha value is -1.40. The second kappa shape index (κ2) is 2.58. The van der Waals surface area contributed by atoms with E-state index in [0.29, 0.717) is 0 Å². The second-order valence-electron chi connectivity index (χ2n) is 2.47. The minimum atomic E-state index is -2.35. The van der Waals surface area contributed by atoms with Gasteiger partial charge in [0.1, 0.15) is 0 Å². The van der Waals surface area contributed by atoms with E-state index in [1.165, 1.54) is 17.1 Å². The minimum absolute atomic E-state index is 0.0532. The Bertz CT molecular complexity index is 305. The zero-order valence-corrected chi connectivity index (χ0v) is 6.43. The zero-order valence-electron chi connectivity index (χ0n) is 6.43. The average molecular weight is 171 g/mol. The van der Waals surface area contributed by atoms with Crippen LogP contribution >= 0.6 is 0 Å². The molecule has 6 heteroatoms. The van der Waals surface area contributed by atoms with Gasteiger partial charge in [-0.1, -0.05) is 0 Å². The predicted molar refractivity (Wildman–Crippen MR) is 38.9 cm³/mol. The van der Waals surface area contributed by atoms with Crippen LogP contribution in [-0.4, -0.2) is 26.0 Å². The maximum absolute atomic E-state index is 10.4. The monoisotopic (exact) mass is 171 g/mol. The molecule has 0 saturated heterocycles. The molecule has 1 aromatic heterocycles. The van der Waals surface area contributed by atoms with Crippen molar-refractivity contribution in [2.75, 3.05) is 0 Å². The Morgan fingerprint density at radius 2 is 2.42 bits per heavy atom. The highest BCUT2D eigenvalue weighted by Gasteiger charge is 2.34. The van der Waals surface area contributed by atoms with Crippen LogP contribution < -0.4 is 5.73 Å². The molecule has 1 rings (SSSR count). The number of aryl methyl sites for hydroxylation is 1. The quantitative estimate of drug-likeness (QED) is 0.475. The van der Waals surface area contributed by atoms with E-state index in [1.54, 1.807) is 7.05 Å². The molecule has 0 amide bonds. The van der Waals surface area contributed by atoms with Crippen molar-refractivity contribution in [3.05, 3.63) is 18.0 Å². The fourth-order valence-corrected chi connectivity index (χ4v) is 0.742. The van der Waals surface area contributed by atoms with E-state index in [4.69, 9.17) is 10.8 Å². The third-order valence-electron chi connectivity index (χ3n) is 1.47. The topological polar surface area (TPSA) is 101 Å². The Balaban J connectivity index is 3.05. The summed E-state index contributed by atoms with van der Waals surface area (Å²) in [7, 11) is 1.60. The smallest absolute Gasteiger partial charge is 0.356 e. The van der Waals surface area contributed by atoms with Crippen molar-refractivity contribution in [1.82, 2.24) is 9.78 Å². The molecule has 0 aliphatic heterocycles. The van der Waals surface area contributed by atoms with Gasteiger partial charge in [0, 0.05) is 18.8 Å². The molecule has 12 heavy (non-hydrogen) atoms. The number of nitrogens with two attached hydrogens (primary N) is 1. The maximum atomic E-state index is 10.4. The number of aliphatic hydroxyl groups is 1. The summed E-state index contributed by atoms with van der Waals surface area (Å²) in [5, 5.41) is 21.4. The Kier molecular flexibility index (Phi) is 1.87. The van der Waals surface area contributed by atoms with E-state index >= 15 is 0 Å². The Morgan fingerprint density at radius 3 is 2.75 bits per heavy atom. The normalized spacial score (nSPS) is 15.6. The molecule has 0 radical (unpaired) electrons. The average Bonchev–Trinajstić information content (AvgIpc) is 2.35. The van der Waals surface area contributed by atoms with Crippen molar-refractivity contribution in [2.24, 2.45) is 12.8 Å². The molecule has 0 saturated carbocycles. The van der Waals surface area contributed by atoms with Gasteiger partial charge < -0.3 is 10.2 Å². The van der Waals surface area contributed by atoms with Gasteiger partial charge in [-0.2, -0.15) is 5.10 Å². The van der Waals surface area contributed by atoms with Crippen LogP contribution in [-0.2, 0) is 17.6 Å². The molecule has 4 N–H and O–H groups in total. The van der Waals surface area contributed by atoms with E-state index < -0.39 is 11.7 Å². The van der Waals surface area contributed by atoms with Crippen LogP contribution in [0, 0.1) is 0 Å². The first-order valence-electron chi connectivity index (χ1n) is 3.18. The summed E-state index contributed by atoms with van der Waals surface area (Å²) < 4.78 is 1.36. The fourth-order valence-electron chi connectivity index (χ4n) is 0.742. The number of rotatable bonds is 2. The van der Waals surface area contributed by atoms with Crippen LogP contribution in [0.2, 0.25) is 0 Å². The van der Waals surface area contributed by atoms with Gasteiger partial charge in [-0.15, -0.1) is 0 Å². The third kappa shape index (κ3) is 1.29. The van der Waals surface area contributed by atoms with Crippen molar-refractivity contribution in [3.8, 4) is 0 Å². The molecule has 0 unspecified atom stereocenters. The summed E-state index contributed by atoms with van der Waals surface area (Å²) in [6.45, 7) is 0. The van der Waals surface area contributed by atoms with Crippen LogP contribution in [0.15, 0.2) is 12.4 Å². The second-order valence-corrected chi connectivity index (χ2v) is 2.47. The first-order valence-corrected chi connectivity index (χ1v) is 3.18. The Morgan fingerprint density at radius 1 is 1.83 bits per heavy atom. The highest BCUT2D eigenvalue weighted by molar-refractivity contribution is 5.77. The third-order valence-corrected chi connectivity index (χ3v) is 1.47. The number of aromatic nitrogens is 2. The molecule has 0 spiro atoms. The van der Waals surface area contributed by atoms with Gasteiger partial charge in [-0.3, -0.25) is 10.4 Å². The van der Waals surface area contributed by atoms with Crippen molar-refractivity contribution in [3.63, 3.8) is 0 Å². The summed E-state index contributed by atoms with van der Waals surface area (Å²) in [6, 6.07) is 0. The number of carboxylic acids is 1. The fraction of sp³-hybridized carbons (Fsp3) is 0.333. The molecule has 0 aromatic carbocycles. The standard InChI is InChI=1S/C6H9N3O3/c1-9-3-4(2-8-9)6(7,12)5(10)11/h2-3,12H,7H2,1H3,(H,10,11)/t6-/m0/s1. The minimum Gasteiger partial charge on any atom is -0.478 e. The SMILES string of the molecule is Cn1cc([C@](N)(O)C(=O)O)cn1. The van der Waals surface area contributed by atoms with Gasteiger partial charge in [0.2, 0.25) is 5.72 Å². The summed E-state index contributed by atoms with van der Waals surface area (Å²) >= 11 is 0. The van der Waals surface area contributed by atoms with Crippen molar-refractivity contribution in [2.45, 2.75) is 5.72 Å². The van der Waals surface area contributed by atoms with Gasteiger partial charge in [0.25, 0.3) is 0 Å². The van der Waals surface area contributed by atoms with E-state index in [0.717, 1.165) is 0 Å². The number of aliphatic carboxylic acids is 1. The summed E-state index contributed by atoms with van der Waals surface area (Å²) in [5.41, 5.74) is 2.80. The molecular weight excluding hydrogens is 162 g/mol. The van der Waals surface area contributed by atoms with Crippen LogP contribution in [0.1, 0.15) is 5.56 Å². The van der Waals surface area contributed by atoms with Crippen LogP contribution in [0.25, 0.3) is 0 Å². The lowest BCUT2D eigenvalue weighted by atomic mass is 10.1. The van der Waals surface area contributed by atoms with Gasteiger partial charge >= 0.3 is 5.97 Å². The predicted octanol–water partition coefficient (Wildman–Crippen LogP) is -1.39. The molecule has 0 aliphatic rings. The molecule has 1 aromatic rings. The summed E-state index contributed by atoms with van der Waals surface area (Å²) in [5.74, 6) is -1.50. The summed E-state index contributed by atoms with van der Waals surface area (Å²) in [6.07, 6.45) is 2.54. The number of nitrogens with zero attached hydrogens (tertiary/aromatic N) is 2.